The molecule has 116 valence electrons. The molecule has 0 spiro atoms. The van der Waals surface area contributed by atoms with Crippen molar-refractivity contribution in [2.45, 2.75) is 19.1 Å². The number of carboxylic acids is 1. The summed E-state index contributed by atoms with van der Waals surface area (Å²) in [5.41, 5.74) is 1.92. The van der Waals surface area contributed by atoms with E-state index in [4.69, 9.17) is 9.63 Å². The maximum Gasteiger partial charge on any atom is 0.304 e. The summed E-state index contributed by atoms with van der Waals surface area (Å²) in [5, 5.41) is 15.0. The lowest BCUT2D eigenvalue weighted by atomic mass is 10.2. The van der Waals surface area contributed by atoms with Gasteiger partial charge in [0, 0.05) is 23.3 Å². The van der Waals surface area contributed by atoms with Crippen molar-refractivity contribution in [1.82, 2.24) is 5.16 Å². The highest BCUT2D eigenvalue weighted by Gasteiger charge is 2.11. The second kappa shape index (κ2) is 7.65. The summed E-state index contributed by atoms with van der Waals surface area (Å²) < 4.78 is 4.87. The molecule has 22 heavy (non-hydrogen) atoms. The van der Waals surface area contributed by atoms with E-state index in [1.165, 1.54) is 0 Å². The number of anilines is 1. The molecule has 0 saturated heterocycles. The summed E-state index contributed by atoms with van der Waals surface area (Å²) >= 11 is 1.54. The number of hydrogen-bond acceptors (Lipinski definition) is 5. The molecule has 0 aliphatic carbocycles. The zero-order valence-electron chi connectivity index (χ0n) is 12.0. The third-order valence-corrected chi connectivity index (χ3v) is 3.80. The minimum absolute atomic E-state index is 0.145. The predicted octanol–water partition coefficient (Wildman–Crippen LogP) is 2.94. The first-order valence-electron chi connectivity index (χ1n) is 6.68. The molecule has 0 unspecified atom stereocenters. The Morgan fingerprint density at radius 3 is 2.86 bits per heavy atom. The Bertz CT molecular complexity index is 669. The number of nitrogens with one attached hydrogen (secondary N) is 1. The van der Waals surface area contributed by atoms with Crippen LogP contribution in [0.2, 0.25) is 0 Å². The Kier molecular flexibility index (Phi) is 5.60. The number of carbonyl (C=O) groups excluding carboxylic acids is 1. The van der Waals surface area contributed by atoms with Crippen LogP contribution >= 0.6 is 11.8 Å². The van der Waals surface area contributed by atoms with Crippen LogP contribution in [0.3, 0.4) is 0 Å². The minimum atomic E-state index is -0.795. The number of carbonyl (C=O) groups is 2. The van der Waals surface area contributed by atoms with Crippen LogP contribution in [0.4, 0.5) is 5.69 Å². The van der Waals surface area contributed by atoms with Crippen LogP contribution in [-0.2, 0) is 10.5 Å². The van der Waals surface area contributed by atoms with Gasteiger partial charge in [-0.15, -0.1) is 0 Å². The average Bonchev–Trinajstić information content (AvgIpc) is 2.91. The minimum Gasteiger partial charge on any atom is -0.481 e. The molecule has 0 fully saturated rings. The van der Waals surface area contributed by atoms with E-state index in [2.05, 4.69) is 10.5 Å². The van der Waals surface area contributed by atoms with Crippen LogP contribution in [0.1, 0.15) is 28.2 Å². The molecule has 2 rings (SSSR count). The van der Waals surface area contributed by atoms with Gasteiger partial charge in [-0.05, 0) is 24.6 Å². The Hall–Kier alpha value is -2.28. The molecule has 1 aromatic heterocycles. The zero-order chi connectivity index (χ0) is 15.9. The van der Waals surface area contributed by atoms with E-state index < -0.39 is 5.97 Å². The number of hydrogen-bond donors (Lipinski definition) is 2. The zero-order valence-corrected chi connectivity index (χ0v) is 12.9. The van der Waals surface area contributed by atoms with Crippen molar-refractivity contribution in [3.63, 3.8) is 0 Å². The van der Waals surface area contributed by atoms with Crippen LogP contribution < -0.4 is 5.32 Å². The van der Waals surface area contributed by atoms with Crippen molar-refractivity contribution in [2.75, 3.05) is 11.1 Å². The fourth-order valence-corrected chi connectivity index (χ4v) is 2.64. The SMILES string of the molecule is Cc1cc(C(=O)Nc2cccc(CSCCC(=O)O)c2)no1. The number of rotatable bonds is 7. The van der Waals surface area contributed by atoms with E-state index in [1.54, 1.807) is 30.8 Å². The summed E-state index contributed by atoms with van der Waals surface area (Å²) in [4.78, 5) is 22.4. The molecule has 2 N–H and O–H groups in total. The first-order chi connectivity index (χ1) is 10.5. The molecule has 0 atom stereocenters. The maximum atomic E-state index is 12.0. The first kappa shape index (κ1) is 16.1. The lowest BCUT2D eigenvalue weighted by Crippen LogP contribution is -2.12. The van der Waals surface area contributed by atoms with Crippen molar-refractivity contribution in [3.8, 4) is 0 Å². The van der Waals surface area contributed by atoms with Crippen molar-refractivity contribution in [3.05, 3.63) is 47.3 Å². The van der Waals surface area contributed by atoms with Crippen LogP contribution in [-0.4, -0.2) is 27.9 Å². The van der Waals surface area contributed by atoms with Gasteiger partial charge in [-0.25, -0.2) is 0 Å². The summed E-state index contributed by atoms with van der Waals surface area (Å²) in [6, 6.07) is 9.00. The van der Waals surface area contributed by atoms with E-state index in [9.17, 15) is 9.59 Å². The fraction of sp³-hybridized carbons (Fsp3) is 0.267. The van der Waals surface area contributed by atoms with Crippen LogP contribution in [0.5, 0.6) is 0 Å². The van der Waals surface area contributed by atoms with E-state index in [-0.39, 0.29) is 18.0 Å². The molecule has 0 bridgehead atoms. The summed E-state index contributed by atoms with van der Waals surface area (Å²) in [6.07, 6.45) is 0.145. The summed E-state index contributed by atoms with van der Waals surface area (Å²) in [6.45, 7) is 1.72. The molecule has 7 heteroatoms. The highest BCUT2D eigenvalue weighted by atomic mass is 32.2. The number of aromatic nitrogens is 1. The first-order valence-corrected chi connectivity index (χ1v) is 7.83. The van der Waals surface area contributed by atoms with Gasteiger partial charge in [0.25, 0.3) is 5.91 Å². The van der Waals surface area contributed by atoms with E-state index in [0.717, 1.165) is 5.56 Å². The van der Waals surface area contributed by atoms with Gasteiger partial charge in [-0.3, -0.25) is 9.59 Å². The van der Waals surface area contributed by atoms with Crippen LogP contribution in [0.15, 0.2) is 34.9 Å². The van der Waals surface area contributed by atoms with Gasteiger partial charge in [0.05, 0.1) is 6.42 Å². The quantitative estimate of drug-likeness (QED) is 0.762. The Balaban J connectivity index is 1.90. The van der Waals surface area contributed by atoms with Crippen LogP contribution in [0.25, 0.3) is 0 Å². The largest absolute Gasteiger partial charge is 0.481 e. The molecular weight excluding hydrogens is 304 g/mol. The average molecular weight is 320 g/mol. The van der Waals surface area contributed by atoms with Gasteiger partial charge in [0.15, 0.2) is 5.69 Å². The van der Waals surface area contributed by atoms with Crippen molar-refractivity contribution < 1.29 is 19.2 Å². The topological polar surface area (TPSA) is 92.4 Å². The summed E-state index contributed by atoms with van der Waals surface area (Å²) in [7, 11) is 0. The molecule has 0 saturated carbocycles. The highest BCUT2D eigenvalue weighted by Crippen LogP contribution is 2.18. The normalized spacial score (nSPS) is 10.4. The third kappa shape index (κ3) is 4.92. The molecular formula is C15H16N2O4S. The maximum absolute atomic E-state index is 12.0. The highest BCUT2D eigenvalue weighted by molar-refractivity contribution is 7.98. The van der Waals surface area contributed by atoms with Gasteiger partial charge >= 0.3 is 5.97 Å². The van der Waals surface area contributed by atoms with E-state index in [1.807, 2.05) is 18.2 Å². The smallest absolute Gasteiger partial charge is 0.304 e. The van der Waals surface area contributed by atoms with Gasteiger partial charge < -0.3 is 14.9 Å². The number of benzene rings is 1. The van der Waals surface area contributed by atoms with Crippen molar-refractivity contribution in [1.29, 1.82) is 0 Å². The van der Waals surface area contributed by atoms with Gasteiger partial charge in [-0.2, -0.15) is 11.8 Å². The van der Waals surface area contributed by atoms with Crippen LogP contribution in [0, 0.1) is 6.92 Å². The third-order valence-electron chi connectivity index (χ3n) is 2.77. The molecule has 1 amide bonds. The molecule has 6 nitrogen and oxygen atoms in total. The van der Waals surface area contributed by atoms with Gasteiger partial charge in [0.2, 0.25) is 0 Å². The Morgan fingerprint density at radius 1 is 1.36 bits per heavy atom. The number of thioether (sulfide) groups is 1. The second-order valence-electron chi connectivity index (χ2n) is 4.67. The number of nitrogens with zero attached hydrogens (tertiary/aromatic N) is 1. The lowest BCUT2D eigenvalue weighted by molar-refractivity contribution is -0.136. The predicted molar refractivity (Wildman–Crippen MR) is 84.1 cm³/mol. The number of amides is 1. The Morgan fingerprint density at radius 2 is 2.18 bits per heavy atom. The molecule has 1 heterocycles. The number of aliphatic carboxylic acids is 1. The van der Waals surface area contributed by atoms with Gasteiger partial charge in [0.1, 0.15) is 5.76 Å². The monoisotopic (exact) mass is 320 g/mol. The van der Waals surface area contributed by atoms with E-state index in [0.29, 0.717) is 23.0 Å². The van der Waals surface area contributed by atoms with Crippen molar-refractivity contribution >= 4 is 29.3 Å². The molecule has 0 radical (unpaired) electrons. The van der Waals surface area contributed by atoms with Gasteiger partial charge in [-0.1, -0.05) is 17.3 Å². The lowest BCUT2D eigenvalue weighted by Gasteiger charge is -2.06. The van der Waals surface area contributed by atoms with E-state index >= 15 is 0 Å². The Labute approximate surface area is 131 Å². The number of aryl methyl sites for hydroxylation is 1. The number of carboxylic acid groups (broad SMARTS) is 1. The summed E-state index contributed by atoms with van der Waals surface area (Å²) in [5.74, 6) is 0.710. The molecule has 0 aliphatic heterocycles. The molecule has 2 aromatic rings. The standard InChI is InChI=1S/C15H16N2O4S/c1-10-7-13(17-21-10)15(20)16-12-4-2-3-11(8-12)9-22-6-5-14(18)19/h2-4,7-8H,5-6,9H2,1H3,(H,16,20)(H,18,19). The molecule has 0 aliphatic rings. The second-order valence-corrected chi connectivity index (χ2v) is 5.78. The van der Waals surface area contributed by atoms with Crippen molar-refractivity contribution in [2.24, 2.45) is 0 Å². The molecule has 1 aromatic carbocycles. The fourth-order valence-electron chi connectivity index (χ4n) is 1.76.